The fourth-order valence-corrected chi connectivity index (χ4v) is 2.15. The molecule has 17 heavy (non-hydrogen) atoms. The van der Waals surface area contributed by atoms with Crippen LogP contribution in [0, 0.1) is 0 Å². The topological polar surface area (TPSA) is 21.7 Å². The van der Waals surface area contributed by atoms with E-state index in [-0.39, 0.29) is 18.5 Å². The molecule has 94 valence electrons. The lowest BCUT2D eigenvalue weighted by Gasteiger charge is -2.32. The predicted molar refractivity (Wildman–Crippen MR) is 70.3 cm³/mol. The third kappa shape index (κ3) is 2.29. The van der Waals surface area contributed by atoms with Gasteiger partial charge in [0.2, 0.25) is 0 Å². The van der Waals surface area contributed by atoms with E-state index in [0.717, 1.165) is 6.54 Å². The van der Waals surface area contributed by atoms with Crippen LogP contribution in [-0.4, -0.2) is 29.8 Å². The zero-order chi connectivity index (χ0) is 12.8. The molecular formula is C13H22BNO2. The van der Waals surface area contributed by atoms with Gasteiger partial charge in [-0.3, -0.25) is 0 Å². The molecule has 2 heterocycles. The second-order valence-electron chi connectivity index (χ2n) is 6.10. The van der Waals surface area contributed by atoms with E-state index in [4.69, 9.17) is 9.31 Å². The van der Waals surface area contributed by atoms with Crippen molar-refractivity contribution in [2.45, 2.75) is 52.7 Å². The first-order valence-corrected chi connectivity index (χ1v) is 6.18. The Labute approximate surface area is 105 Å². The second-order valence-corrected chi connectivity index (χ2v) is 6.10. The summed E-state index contributed by atoms with van der Waals surface area (Å²) in [5, 5.41) is 0. The summed E-state index contributed by atoms with van der Waals surface area (Å²) in [6.07, 6.45) is 4.30. The number of rotatable bonds is 1. The number of hydrogen-bond donors (Lipinski definition) is 0. The average molecular weight is 235 g/mol. The SMILES string of the molecule is CC1=CN(B2OC(C)(C)C(C)(C)O2)CC(C)=C1. The normalized spacial score (nSPS) is 26.9. The minimum Gasteiger partial charge on any atom is -0.384 e. The maximum Gasteiger partial charge on any atom is 0.594 e. The molecule has 0 N–H and O–H groups in total. The van der Waals surface area contributed by atoms with E-state index in [9.17, 15) is 0 Å². The molecule has 0 atom stereocenters. The summed E-state index contributed by atoms with van der Waals surface area (Å²) in [5.74, 6) is 0. The smallest absolute Gasteiger partial charge is 0.384 e. The Kier molecular flexibility index (Phi) is 2.91. The molecule has 2 aliphatic rings. The second kappa shape index (κ2) is 3.89. The Balaban J connectivity index is 2.15. The van der Waals surface area contributed by atoms with Crippen molar-refractivity contribution in [3.8, 4) is 0 Å². The number of nitrogens with zero attached hydrogens (tertiary/aromatic N) is 1. The zero-order valence-corrected chi connectivity index (χ0v) is 11.7. The van der Waals surface area contributed by atoms with Crippen molar-refractivity contribution < 1.29 is 9.31 Å². The summed E-state index contributed by atoms with van der Waals surface area (Å²) < 4.78 is 12.1. The lowest BCUT2D eigenvalue weighted by Crippen LogP contribution is -2.41. The highest BCUT2D eigenvalue weighted by atomic mass is 16.7. The molecule has 0 amide bonds. The molecule has 3 nitrogen and oxygen atoms in total. The van der Waals surface area contributed by atoms with Crippen molar-refractivity contribution in [2.75, 3.05) is 6.54 Å². The van der Waals surface area contributed by atoms with Gasteiger partial charge in [0.25, 0.3) is 0 Å². The lowest BCUT2D eigenvalue weighted by molar-refractivity contribution is 0.00578. The molecule has 4 heteroatoms. The van der Waals surface area contributed by atoms with Crippen molar-refractivity contribution in [3.05, 3.63) is 23.4 Å². The molecule has 0 aromatic rings. The predicted octanol–water partition coefficient (Wildman–Crippen LogP) is 2.74. The van der Waals surface area contributed by atoms with Crippen LogP contribution in [0.15, 0.2) is 23.4 Å². The highest BCUT2D eigenvalue weighted by Crippen LogP contribution is 2.38. The van der Waals surface area contributed by atoms with Gasteiger partial charge in [0, 0.05) is 6.54 Å². The molecular weight excluding hydrogens is 213 g/mol. The van der Waals surface area contributed by atoms with Crippen LogP contribution in [0.4, 0.5) is 0 Å². The van der Waals surface area contributed by atoms with E-state index in [1.54, 1.807) is 0 Å². The number of allylic oxidation sites excluding steroid dienone is 2. The van der Waals surface area contributed by atoms with E-state index in [1.165, 1.54) is 11.1 Å². The molecule has 0 saturated carbocycles. The van der Waals surface area contributed by atoms with Crippen molar-refractivity contribution in [2.24, 2.45) is 0 Å². The molecule has 0 radical (unpaired) electrons. The summed E-state index contributed by atoms with van der Waals surface area (Å²) in [7, 11) is -0.279. The quantitative estimate of drug-likeness (QED) is 0.652. The third-order valence-corrected chi connectivity index (χ3v) is 3.79. The van der Waals surface area contributed by atoms with Gasteiger partial charge in [0.05, 0.1) is 11.2 Å². The molecule has 0 aromatic carbocycles. The van der Waals surface area contributed by atoms with Gasteiger partial charge in [-0.25, -0.2) is 0 Å². The standard InChI is InChI=1S/C13H22BNO2/c1-10-7-11(2)9-15(8-10)14-16-12(3,4)13(5,6)17-14/h7-8H,9H2,1-6H3. The van der Waals surface area contributed by atoms with E-state index < -0.39 is 0 Å². The molecule has 0 aliphatic carbocycles. The molecule has 2 rings (SSSR count). The van der Waals surface area contributed by atoms with Crippen LogP contribution in [-0.2, 0) is 9.31 Å². The van der Waals surface area contributed by atoms with Gasteiger partial charge in [0.15, 0.2) is 0 Å². The summed E-state index contributed by atoms with van der Waals surface area (Å²) in [4.78, 5) is 2.13. The summed E-state index contributed by atoms with van der Waals surface area (Å²) >= 11 is 0. The zero-order valence-electron chi connectivity index (χ0n) is 11.7. The molecule has 1 saturated heterocycles. The molecule has 0 aromatic heterocycles. The Morgan fingerprint density at radius 1 is 1.12 bits per heavy atom. The third-order valence-electron chi connectivity index (χ3n) is 3.79. The monoisotopic (exact) mass is 235 g/mol. The highest BCUT2D eigenvalue weighted by Gasteiger charge is 2.53. The largest absolute Gasteiger partial charge is 0.594 e. The molecule has 0 spiro atoms. The highest BCUT2D eigenvalue weighted by molar-refractivity contribution is 6.42. The van der Waals surface area contributed by atoms with Crippen LogP contribution in [0.25, 0.3) is 0 Å². The van der Waals surface area contributed by atoms with Gasteiger partial charge in [-0.2, -0.15) is 0 Å². The summed E-state index contributed by atoms with van der Waals surface area (Å²) in [6, 6.07) is 0. The van der Waals surface area contributed by atoms with E-state index in [1.807, 2.05) is 0 Å². The van der Waals surface area contributed by atoms with E-state index in [2.05, 4.69) is 58.6 Å². The van der Waals surface area contributed by atoms with Crippen LogP contribution in [0.2, 0.25) is 0 Å². The summed E-state index contributed by atoms with van der Waals surface area (Å²) in [6.45, 7) is 13.4. The first-order chi connectivity index (χ1) is 7.71. The summed E-state index contributed by atoms with van der Waals surface area (Å²) in [5.41, 5.74) is 2.03. The fourth-order valence-electron chi connectivity index (χ4n) is 2.15. The van der Waals surface area contributed by atoms with Gasteiger partial charge in [0.1, 0.15) is 0 Å². The van der Waals surface area contributed by atoms with Crippen LogP contribution in [0.1, 0.15) is 41.5 Å². The van der Waals surface area contributed by atoms with Gasteiger partial charge >= 0.3 is 7.25 Å². The van der Waals surface area contributed by atoms with Crippen LogP contribution in [0.5, 0.6) is 0 Å². The van der Waals surface area contributed by atoms with Crippen LogP contribution in [0.3, 0.4) is 0 Å². The first-order valence-electron chi connectivity index (χ1n) is 6.18. The molecule has 0 unspecified atom stereocenters. The van der Waals surface area contributed by atoms with E-state index >= 15 is 0 Å². The fraction of sp³-hybridized carbons (Fsp3) is 0.692. The number of hydrogen-bond acceptors (Lipinski definition) is 3. The van der Waals surface area contributed by atoms with Gasteiger partial charge in [-0.15, -0.1) is 0 Å². The molecule has 1 fully saturated rings. The van der Waals surface area contributed by atoms with Gasteiger partial charge in [-0.1, -0.05) is 11.6 Å². The average Bonchev–Trinajstić information content (AvgIpc) is 2.34. The maximum atomic E-state index is 6.03. The van der Waals surface area contributed by atoms with E-state index in [0.29, 0.717) is 0 Å². The Morgan fingerprint density at radius 3 is 2.12 bits per heavy atom. The maximum absolute atomic E-state index is 6.03. The van der Waals surface area contributed by atoms with Gasteiger partial charge in [-0.05, 0) is 53.3 Å². The first kappa shape index (κ1) is 12.7. The Hall–Kier alpha value is -0.735. The van der Waals surface area contributed by atoms with Crippen molar-refractivity contribution in [1.82, 2.24) is 4.81 Å². The molecule has 2 aliphatic heterocycles. The minimum absolute atomic E-state index is 0.269. The van der Waals surface area contributed by atoms with Crippen LogP contribution < -0.4 is 0 Å². The van der Waals surface area contributed by atoms with Gasteiger partial charge < -0.3 is 14.1 Å². The van der Waals surface area contributed by atoms with Crippen LogP contribution >= 0.6 is 0 Å². The van der Waals surface area contributed by atoms with Crippen molar-refractivity contribution in [1.29, 1.82) is 0 Å². The van der Waals surface area contributed by atoms with Crippen molar-refractivity contribution in [3.63, 3.8) is 0 Å². The van der Waals surface area contributed by atoms with Crippen molar-refractivity contribution >= 4 is 7.25 Å². The Morgan fingerprint density at radius 2 is 1.65 bits per heavy atom. The minimum atomic E-state index is -0.279. The molecule has 0 bridgehead atoms. The lowest BCUT2D eigenvalue weighted by atomic mass is 9.90. The Bertz CT molecular complexity index is 369.